The number of carbonyl (C=O) groups is 1. The van der Waals surface area contributed by atoms with Gasteiger partial charge in [-0.2, -0.15) is 0 Å². The number of rotatable bonds is 1. The predicted molar refractivity (Wildman–Crippen MR) is 69.3 cm³/mol. The zero-order valence-electron chi connectivity index (χ0n) is 10.2. The van der Waals surface area contributed by atoms with Crippen molar-refractivity contribution in [2.75, 3.05) is 5.75 Å². The van der Waals surface area contributed by atoms with Crippen LogP contribution in [-0.2, 0) is 6.42 Å². The van der Waals surface area contributed by atoms with Gasteiger partial charge >= 0.3 is 0 Å². The Morgan fingerprint density at radius 1 is 1.38 bits per heavy atom. The third kappa shape index (κ3) is 2.49. The van der Waals surface area contributed by atoms with E-state index in [-0.39, 0.29) is 5.78 Å². The molecule has 1 nitrogen and oxygen atoms in total. The predicted octanol–water partition coefficient (Wildman–Crippen LogP) is 3.95. The maximum Gasteiger partial charge on any atom is 0.159 e. The summed E-state index contributed by atoms with van der Waals surface area (Å²) >= 11 is 1.93. The van der Waals surface area contributed by atoms with Crippen molar-refractivity contribution in [2.45, 2.75) is 38.5 Å². The molecule has 2 rings (SSSR count). The lowest BCUT2D eigenvalue weighted by Gasteiger charge is -2.20. The minimum atomic E-state index is 0.163. The summed E-state index contributed by atoms with van der Waals surface area (Å²) in [4.78, 5) is 12.7. The van der Waals surface area contributed by atoms with Gasteiger partial charge in [-0.15, -0.1) is 11.8 Å². The average Bonchev–Trinajstić information content (AvgIpc) is 2.38. The Morgan fingerprint density at radius 3 is 2.81 bits per heavy atom. The first-order valence-electron chi connectivity index (χ1n) is 5.75. The molecule has 16 heavy (non-hydrogen) atoms. The smallest absolute Gasteiger partial charge is 0.159 e. The number of hydrogen-bond acceptors (Lipinski definition) is 2. The summed E-state index contributed by atoms with van der Waals surface area (Å²) in [7, 11) is 0. The first kappa shape index (κ1) is 11.7. The molecule has 0 spiro atoms. The number of aryl methyl sites for hydroxylation is 1. The van der Waals surface area contributed by atoms with Gasteiger partial charge in [-0.3, -0.25) is 4.79 Å². The Kier molecular flexibility index (Phi) is 3.11. The highest BCUT2D eigenvalue weighted by Gasteiger charge is 2.23. The van der Waals surface area contributed by atoms with Crippen LogP contribution in [0.25, 0.3) is 0 Å². The number of Topliss-reactive ketones (excluding diaryl/α,β-unsaturated/α-hetero) is 1. The Morgan fingerprint density at radius 2 is 2.12 bits per heavy atom. The lowest BCUT2D eigenvalue weighted by atomic mass is 9.88. The Hall–Kier alpha value is -0.760. The normalized spacial score (nSPS) is 18.7. The zero-order chi connectivity index (χ0) is 11.8. The van der Waals surface area contributed by atoms with E-state index in [0.717, 1.165) is 12.0 Å². The van der Waals surface area contributed by atoms with Gasteiger partial charge in [-0.05, 0) is 42.9 Å². The first-order chi connectivity index (χ1) is 7.48. The summed E-state index contributed by atoms with van der Waals surface area (Å²) < 4.78 is 0. The highest BCUT2D eigenvalue weighted by Crippen LogP contribution is 2.38. The number of fused-ring (bicyclic) bond motifs is 1. The molecule has 1 aliphatic heterocycles. The van der Waals surface area contributed by atoms with Gasteiger partial charge in [-0.25, -0.2) is 0 Å². The van der Waals surface area contributed by atoms with Crippen molar-refractivity contribution in [3.8, 4) is 0 Å². The fourth-order valence-corrected chi connectivity index (χ4v) is 3.15. The molecule has 1 aliphatic rings. The molecular weight excluding hydrogens is 216 g/mol. The molecule has 1 aromatic rings. The molecule has 0 aromatic heterocycles. The molecule has 1 aromatic carbocycles. The number of benzene rings is 1. The Bertz CT molecular complexity index is 421. The highest BCUT2D eigenvalue weighted by molar-refractivity contribution is 7.99. The van der Waals surface area contributed by atoms with E-state index >= 15 is 0 Å². The Balaban J connectivity index is 2.32. The minimum absolute atomic E-state index is 0.163. The summed E-state index contributed by atoms with van der Waals surface area (Å²) in [6.45, 7) is 6.27. The molecule has 0 N–H and O–H groups in total. The molecule has 0 fully saturated rings. The van der Waals surface area contributed by atoms with Crippen molar-refractivity contribution in [1.29, 1.82) is 0 Å². The zero-order valence-corrected chi connectivity index (χ0v) is 11.0. The summed E-state index contributed by atoms with van der Waals surface area (Å²) in [6.07, 6.45) is 2.30. The van der Waals surface area contributed by atoms with Gasteiger partial charge in [0.25, 0.3) is 0 Å². The van der Waals surface area contributed by atoms with Crippen LogP contribution in [-0.4, -0.2) is 11.5 Å². The molecule has 0 amide bonds. The maximum absolute atomic E-state index is 11.3. The molecule has 0 saturated carbocycles. The van der Waals surface area contributed by atoms with Gasteiger partial charge in [0.2, 0.25) is 0 Å². The van der Waals surface area contributed by atoms with E-state index in [1.54, 1.807) is 6.92 Å². The molecule has 86 valence electrons. The highest BCUT2D eigenvalue weighted by atomic mass is 32.2. The van der Waals surface area contributed by atoms with Gasteiger partial charge < -0.3 is 0 Å². The van der Waals surface area contributed by atoms with E-state index in [9.17, 15) is 4.79 Å². The second-order valence-electron chi connectivity index (χ2n) is 5.33. The summed E-state index contributed by atoms with van der Waals surface area (Å²) in [5.74, 6) is 1.33. The van der Waals surface area contributed by atoms with Crippen LogP contribution in [0.15, 0.2) is 23.1 Å². The largest absolute Gasteiger partial charge is 0.295 e. The van der Waals surface area contributed by atoms with Gasteiger partial charge in [-0.1, -0.05) is 19.9 Å². The fraction of sp³-hybridized carbons (Fsp3) is 0.500. The van der Waals surface area contributed by atoms with Crippen molar-refractivity contribution in [3.63, 3.8) is 0 Å². The van der Waals surface area contributed by atoms with Crippen molar-refractivity contribution in [1.82, 2.24) is 0 Å². The fourth-order valence-electron chi connectivity index (χ4n) is 1.95. The van der Waals surface area contributed by atoms with Crippen LogP contribution >= 0.6 is 11.8 Å². The number of carbonyl (C=O) groups excluding carboxylic acids is 1. The number of ketones is 1. The van der Waals surface area contributed by atoms with E-state index in [1.807, 2.05) is 17.8 Å². The standard InChI is InChI=1S/C14H18OS/c1-10(15)11-4-5-13-12(8-11)6-7-14(2,3)9-16-13/h4-5,8H,6-7,9H2,1-3H3. The molecule has 0 bridgehead atoms. The molecule has 0 unspecified atom stereocenters. The summed E-state index contributed by atoms with van der Waals surface area (Å²) in [5, 5.41) is 0. The van der Waals surface area contributed by atoms with Crippen molar-refractivity contribution in [3.05, 3.63) is 29.3 Å². The second kappa shape index (κ2) is 4.25. The lowest BCUT2D eigenvalue weighted by molar-refractivity contribution is 0.101. The topological polar surface area (TPSA) is 17.1 Å². The third-order valence-electron chi connectivity index (χ3n) is 3.16. The van der Waals surface area contributed by atoms with Crippen LogP contribution in [0.1, 0.15) is 43.1 Å². The van der Waals surface area contributed by atoms with Gasteiger partial charge in [0, 0.05) is 16.2 Å². The van der Waals surface area contributed by atoms with Crippen LogP contribution in [0.5, 0.6) is 0 Å². The first-order valence-corrected chi connectivity index (χ1v) is 6.73. The number of hydrogen-bond donors (Lipinski definition) is 0. The minimum Gasteiger partial charge on any atom is -0.295 e. The van der Waals surface area contributed by atoms with E-state index in [4.69, 9.17) is 0 Å². The van der Waals surface area contributed by atoms with Gasteiger partial charge in [0.1, 0.15) is 0 Å². The lowest BCUT2D eigenvalue weighted by Crippen LogP contribution is -2.13. The summed E-state index contributed by atoms with van der Waals surface area (Å²) in [5.41, 5.74) is 2.60. The van der Waals surface area contributed by atoms with E-state index < -0.39 is 0 Å². The van der Waals surface area contributed by atoms with Crippen LogP contribution < -0.4 is 0 Å². The average molecular weight is 234 g/mol. The molecule has 0 saturated heterocycles. The molecule has 1 heterocycles. The third-order valence-corrected chi connectivity index (χ3v) is 4.79. The van der Waals surface area contributed by atoms with Gasteiger partial charge in [0.15, 0.2) is 5.78 Å². The second-order valence-corrected chi connectivity index (χ2v) is 6.35. The molecular formula is C14H18OS. The van der Waals surface area contributed by atoms with Crippen LogP contribution in [0.3, 0.4) is 0 Å². The van der Waals surface area contributed by atoms with Crippen LogP contribution in [0.4, 0.5) is 0 Å². The van der Waals surface area contributed by atoms with E-state index in [2.05, 4.69) is 26.0 Å². The summed E-state index contributed by atoms with van der Waals surface area (Å²) in [6, 6.07) is 6.14. The van der Waals surface area contributed by atoms with Crippen LogP contribution in [0.2, 0.25) is 0 Å². The SMILES string of the molecule is CC(=O)c1ccc2c(c1)CCC(C)(C)CS2. The van der Waals surface area contributed by atoms with Crippen molar-refractivity contribution in [2.24, 2.45) is 5.41 Å². The monoisotopic (exact) mass is 234 g/mol. The van der Waals surface area contributed by atoms with Crippen molar-refractivity contribution < 1.29 is 4.79 Å². The Labute approximate surface area is 102 Å². The van der Waals surface area contributed by atoms with E-state index in [1.165, 1.54) is 22.6 Å². The quantitative estimate of drug-likeness (QED) is 0.684. The molecule has 0 radical (unpaired) electrons. The van der Waals surface area contributed by atoms with Crippen LogP contribution in [0, 0.1) is 5.41 Å². The van der Waals surface area contributed by atoms with Crippen molar-refractivity contribution >= 4 is 17.5 Å². The maximum atomic E-state index is 11.3. The molecule has 0 aliphatic carbocycles. The number of thioether (sulfide) groups is 1. The van der Waals surface area contributed by atoms with E-state index in [0.29, 0.717) is 5.41 Å². The molecule has 0 atom stereocenters. The van der Waals surface area contributed by atoms with Gasteiger partial charge in [0.05, 0.1) is 0 Å². The molecule has 2 heteroatoms.